The summed E-state index contributed by atoms with van der Waals surface area (Å²) < 4.78 is 1.96. The molecular formula is C33H24BrIN4O3. The first-order valence-corrected chi connectivity index (χ1v) is 15.4. The topological polar surface area (TPSA) is 90.9 Å². The highest BCUT2D eigenvalue weighted by molar-refractivity contribution is 14.1. The molecule has 0 unspecified atom stereocenters. The van der Waals surface area contributed by atoms with Crippen LogP contribution < -0.4 is 15.6 Å². The van der Waals surface area contributed by atoms with E-state index in [1.807, 2.05) is 84.9 Å². The zero-order valence-corrected chi connectivity index (χ0v) is 25.9. The Labute approximate surface area is 264 Å². The number of carbonyl (C=O) groups excluding carboxylic acids is 3. The fourth-order valence-electron chi connectivity index (χ4n) is 6.89. The van der Waals surface area contributed by atoms with Crippen molar-refractivity contribution in [2.45, 2.75) is 11.3 Å². The monoisotopic (exact) mass is 730 g/mol. The minimum Gasteiger partial charge on any atom is -0.376 e. The van der Waals surface area contributed by atoms with E-state index in [1.54, 1.807) is 18.3 Å². The van der Waals surface area contributed by atoms with Gasteiger partial charge < -0.3 is 5.32 Å². The summed E-state index contributed by atoms with van der Waals surface area (Å²) in [5.41, 5.74) is 6.87. The lowest BCUT2D eigenvalue weighted by Crippen LogP contribution is -2.54. The Hall–Kier alpha value is -3.83. The molecule has 1 aliphatic heterocycles. The molecular weight excluding hydrogens is 707 g/mol. The molecule has 0 aromatic heterocycles. The van der Waals surface area contributed by atoms with Crippen LogP contribution in [0.5, 0.6) is 0 Å². The van der Waals surface area contributed by atoms with E-state index in [4.69, 9.17) is 0 Å². The van der Waals surface area contributed by atoms with E-state index in [1.165, 1.54) is 4.90 Å². The van der Waals surface area contributed by atoms with Crippen molar-refractivity contribution in [3.63, 3.8) is 0 Å². The molecule has 2 N–H and O–H groups in total. The van der Waals surface area contributed by atoms with E-state index in [-0.39, 0.29) is 30.2 Å². The number of carbonyl (C=O) groups is 3. The zero-order valence-electron chi connectivity index (χ0n) is 22.1. The molecule has 9 heteroatoms. The van der Waals surface area contributed by atoms with E-state index in [0.29, 0.717) is 5.69 Å². The maximum absolute atomic E-state index is 14.4. The SMILES string of the molecule is O=C(CNc1ccc(I)cc1)N/N=C\C12c3ccccc3C(c3ccccc31)[C@@H]1C(=O)N(c3ccc(Br)cc3)C(=O)[C@@H]12. The van der Waals surface area contributed by atoms with Gasteiger partial charge in [-0.2, -0.15) is 5.10 Å². The third-order valence-electron chi connectivity index (χ3n) is 8.52. The Balaban J connectivity index is 1.29. The fraction of sp³-hybridized carbons (Fsp3) is 0.152. The summed E-state index contributed by atoms with van der Waals surface area (Å²) in [4.78, 5) is 42.7. The molecule has 8 rings (SSSR count). The van der Waals surface area contributed by atoms with Crippen molar-refractivity contribution < 1.29 is 14.4 Å². The molecule has 2 atom stereocenters. The second-order valence-electron chi connectivity index (χ2n) is 10.7. The van der Waals surface area contributed by atoms with E-state index in [0.717, 1.165) is 36.0 Å². The highest BCUT2D eigenvalue weighted by Gasteiger charge is 2.68. The first-order chi connectivity index (χ1) is 20.4. The van der Waals surface area contributed by atoms with Crippen molar-refractivity contribution in [2.75, 3.05) is 16.8 Å². The van der Waals surface area contributed by atoms with Crippen molar-refractivity contribution in [3.05, 3.63) is 127 Å². The Morgan fingerprint density at radius 1 is 0.881 bits per heavy atom. The van der Waals surface area contributed by atoms with Gasteiger partial charge in [0.05, 0.1) is 29.5 Å². The second kappa shape index (κ2) is 10.5. The molecule has 2 bridgehead atoms. The Bertz CT molecular complexity index is 1730. The summed E-state index contributed by atoms with van der Waals surface area (Å²) in [6.45, 7) is 0.0288. The van der Waals surface area contributed by atoms with Gasteiger partial charge in [-0.3, -0.25) is 14.4 Å². The number of nitrogens with one attached hydrogen (secondary N) is 2. The predicted octanol–water partition coefficient (Wildman–Crippen LogP) is 5.82. The number of hydrogen-bond acceptors (Lipinski definition) is 5. The average molecular weight is 731 g/mol. The molecule has 0 radical (unpaired) electrons. The van der Waals surface area contributed by atoms with Gasteiger partial charge in [0.25, 0.3) is 5.91 Å². The van der Waals surface area contributed by atoms with Crippen LogP contribution in [-0.4, -0.2) is 30.5 Å². The lowest BCUT2D eigenvalue weighted by Gasteiger charge is -2.52. The number of amides is 3. The molecule has 0 saturated carbocycles. The third-order valence-corrected chi connectivity index (χ3v) is 9.77. The fourth-order valence-corrected chi connectivity index (χ4v) is 7.51. The average Bonchev–Trinajstić information content (AvgIpc) is 3.28. The molecule has 42 heavy (non-hydrogen) atoms. The first kappa shape index (κ1) is 27.0. The lowest BCUT2D eigenvalue weighted by molar-refractivity contribution is -0.122. The van der Waals surface area contributed by atoms with Gasteiger partial charge in [0.2, 0.25) is 11.8 Å². The summed E-state index contributed by atoms with van der Waals surface area (Å²) in [7, 11) is 0. The van der Waals surface area contributed by atoms with Crippen LogP contribution in [0.25, 0.3) is 0 Å². The number of hydrogen-bond donors (Lipinski definition) is 2. The molecule has 7 nitrogen and oxygen atoms in total. The minimum absolute atomic E-state index is 0.0288. The number of imide groups is 1. The molecule has 3 aliphatic carbocycles. The van der Waals surface area contributed by atoms with E-state index in [9.17, 15) is 14.4 Å². The molecule has 0 spiro atoms. The molecule has 1 saturated heterocycles. The number of hydrazone groups is 1. The Morgan fingerprint density at radius 2 is 1.50 bits per heavy atom. The van der Waals surface area contributed by atoms with Crippen molar-refractivity contribution >= 4 is 73.8 Å². The summed E-state index contributed by atoms with van der Waals surface area (Å²) in [6, 6.07) is 30.9. The first-order valence-electron chi connectivity index (χ1n) is 13.5. The Morgan fingerprint density at radius 3 is 2.14 bits per heavy atom. The summed E-state index contributed by atoms with van der Waals surface area (Å²) >= 11 is 5.67. The van der Waals surface area contributed by atoms with Crippen molar-refractivity contribution in [1.29, 1.82) is 0 Å². The second-order valence-corrected chi connectivity index (χ2v) is 12.8. The number of rotatable bonds is 6. The van der Waals surface area contributed by atoms with Gasteiger partial charge in [-0.15, -0.1) is 0 Å². The lowest BCUT2D eigenvalue weighted by atomic mass is 9.47. The van der Waals surface area contributed by atoms with E-state index >= 15 is 0 Å². The van der Waals surface area contributed by atoms with Crippen LogP contribution in [0.3, 0.4) is 0 Å². The largest absolute Gasteiger partial charge is 0.376 e. The van der Waals surface area contributed by atoms with Gasteiger partial charge in [0, 0.05) is 25.9 Å². The van der Waals surface area contributed by atoms with Crippen molar-refractivity contribution in [3.8, 4) is 0 Å². The highest BCUT2D eigenvalue weighted by atomic mass is 127. The van der Waals surface area contributed by atoms with Gasteiger partial charge in [0.15, 0.2) is 0 Å². The molecule has 208 valence electrons. The number of nitrogens with zero attached hydrogens (tertiary/aromatic N) is 2. The van der Waals surface area contributed by atoms with Crippen LogP contribution in [0, 0.1) is 15.4 Å². The summed E-state index contributed by atoms with van der Waals surface area (Å²) in [6.07, 6.45) is 1.68. The molecule has 4 aliphatic rings. The van der Waals surface area contributed by atoms with Crippen LogP contribution in [0.4, 0.5) is 11.4 Å². The normalized spacial score (nSPS) is 23.5. The molecule has 4 aromatic rings. The van der Waals surface area contributed by atoms with Crippen molar-refractivity contribution in [1.82, 2.24) is 5.43 Å². The zero-order chi connectivity index (χ0) is 29.0. The number of benzene rings is 4. The van der Waals surface area contributed by atoms with Crippen LogP contribution in [0.15, 0.2) is 107 Å². The van der Waals surface area contributed by atoms with Gasteiger partial charge >= 0.3 is 0 Å². The summed E-state index contributed by atoms with van der Waals surface area (Å²) in [5, 5.41) is 7.56. The van der Waals surface area contributed by atoms with Crippen LogP contribution in [0.2, 0.25) is 0 Å². The van der Waals surface area contributed by atoms with Crippen LogP contribution in [0.1, 0.15) is 28.2 Å². The van der Waals surface area contributed by atoms with Crippen LogP contribution >= 0.6 is 38.5 Å². The van der Waals surface area contributed by atoms with Crippen molar-refractivity contribution in [2.24, 2.45) is 16.9 Å². The van der Waals surface area contributed by atoms with Crippen LogP contribution in [-0.2, 0) is 19.8 Å². The van der Waals surface area contributed by atoms with Gasteiger partial charge in [-0.25, -0.2) is 10.3 Å². The number of anilines is 2. The quantitative estimate of drug-likeness (QED) is 0.113. The maximum Gasteiger partial charge on any atom is 0.259 e. The van der Waals surface area contributed by atoms with E-state index in [2.05, 4.69) is 54.4 Å². The maximum atomic E-state index is 14.4. The third kappa shape index (κ3) is 4.12. The Kier molecular flexibility index (Phi) is 6.73. The number of halogens is 2. The van der Waals surface area contributed by atoms with E-state index < -0.39 is 17.3 Å². The standard InChI is InChI=1S/C33H24BrIN4O3/c34-19-9-15-22(16-10-19)39-31(41)29-28-23-5-1-3-7-25(23)33(30(29)32(39)42,26-8-4-2-6-24(26)28)18-37-38-27(40)17-36-21-13-11-20(35)12-14-21/h1-16,18,28-30,36H,17H2,(H,38,40)/b37-18-/t28?,29-,30+,33?/m0/s1. The molecule has 3 amide bonds. The summed E-state index contributed by atoms with van der Waals surface area (Å²) in [5.74, 6) is -2.38. The minimum atomic E-state index is -1.04. The molecule has 4 aromatic carbocycles. The van der Waals surface area contributed by atoms with Gasteiger partial charge in [-0.1, -0.05) is 64.5 Å². The van der Waals surface area contributed by atoms with Gasteiger partial charge in [-0.05, 0) is 93.4 Å². The molecule has 1 fully saturated rings. The highest BCUT2D eigenvalue weighted by Crippen LogP contribution is 2.63. The molecule has 1 heterocycles. The smallest absolute Gasteiger partial charge is 0.259 e. The predicted molar refractivity (Wildman–Crippen MR) is 173 cm³/mol. The van der Waals surface area contributed by atoms with Gasteiger partial charge in [0.1, 0.15) is 0 Å².